The first-order valence-corrected chi connectivity index (χ1v) is 9.63. The predicted octanol–water partition coefficient (Wildman–Crippen LogP) is 2.83. The van der Waals surface area contributed by atoms with Crippen molar-refractivity contribution in [3.8, 4) is 5.75 Å². The van der Waals surface area contributed by atoms with Gasteiger partial charge in [0.05, 0.1) is 7.11 Å². The quantitative estimate of drug-likeness (QED) is 0.786. The number of halogens is 1. The van der Waals surface area contributed by atoms with E-state index in [-0.39, 0.29) is 5.82 Å². The van der Waals surface area contributed by atoms with E-state index in [2.05, 4.69) is 21.7 Å². The normalized spacial score (nSPS) is 23.7. The molecule has 0 aromatic heterocycles. The van der Waals surface area contributed by atoms with Crippen LogP contribution in [0.2, 0.25) is 0 Å². The van der Waals surface area contributed by atoms with Gasteiger partial charge in [-0.25, -0.2) is 4.39 Å². The fraction of sp³-hybridized carbons (Fsp3) is 0.700. The van der Waals surface area contributed by atoms with E-state index in [0.717, 1.165) is 12.1 Å². The second-order valence-corrected chi connectivity index (χ2v) is 7.51. The van der Waals surface area contributed by atoms with Gasteiger partial charge in [0.1, 0.15) is 11.6 Å². The highest BCUT2D eigenvalue weighted by atomic mass is 19.1. The van der Waals surface area contributed by atoms with Crippen LogP contribution in [-0.2, 0) is 6.54 Å². The van der Waals surface area contributed by atoms with Gasteiger partial charge in [-0.05, 0) is 45.5 Å². The summed E-state index contributed by atoms with van der Waals surface area (Å²) in [5.74, 6) is 0.439. The minimum Gasteiger partial charge on any atom is -0.497 e. The lowest BCUT2D eigenvalue weighted by molar-refractivity contribution is 0.101. The fourth-order valence-corrected chi connectivity index (χ4v) is 4.00. The molecule has 3 rings (SSSR count). The number of nitrogens with zero attached hydrogens (tertiary/aromatic N) is 3. The molecule has 0 bridgehead atoms. The first-order valence-electron chi connectivity index (χ1n) is 9.63. The molecule has 140 valence electrons. The molecule has 2 fully saturated rings. The zero-order valence-corrected chi connectivity index (χ0v) is 15.7. The van der Waals surface area contributed by atoms with Crippen LogP contribution in [0.15, 0.2) is 18.2 Å². The molecule has 1 aromatic carbocycles. The monoisotopic (exact) mass is 349 g/mol. The predicted molar refractivity (Wildman–Crippen MR) is 99.6 cm³/mol. The summed E-state index contributed by atoms with van der Waals surface area (Å²) in [4.78, 5) is 7.47. The Morgan fingerprint density at radius 2 is 1.92 bits per heavy atom. The number of benzene rings is 1. The SMILES string of the molecule is COc1ccc(CN2CCCC[C@@H]2CCN2CCN(C)CC2)c(F)c1. The average molecular weight is 349 g/mol. The Morgan fingerprint density at radius 1 is 1.12 bits per heavy atom. The van der Waals surface area contributed by atoms with Gasteiger partial charge in [-0.15, -0.1) is 0 Å². The first kappa shape index (κ1) is 18.6. The number of methoxy groups -OCH3 is 1. The molecule has 0 amide bonds. The Balaban J connectivity index is 1.55. The van der Waals surface area contributed by atoms with Crippen LogP contribution < -0.4 is 4.74 Å². The summed E-state index contributed by atoms with van der Waals surface area (Å²) < 4.78 is 19.4. The van der Waals surface area contributed by atoms with Crippen LogP contribution in [0.5, 0.6) is 5.75 Å². The Kier molecular flexibility index (Phi) is 6.68. The zero-order valence-electron chi connectivity index (χ0n) is 15.7. The lowest BCUT2D eigenvalue weighted by Crippen LogP contribution is -2.47. The molecule has 0 spiro atoms. The van der Waals surface area contributed by atoms with E-state index in [1.807, 2.05) is 12.1 Å². The highest BCUT2D eigenvalue weighted by molar-refractivity contribution is 5.28. The molecular formula is C20H32FN3O. The van der Waals surface area contributed by atoms with Crippen LogP contribution in [0, 0.1) is 5.82 Å². The van der Waals surface area contributed by atoms with Crippen LogP contribution in [0.25, 0.3) is 0 Å². The Labute approximate surface area is 151 Å². The van der Waals surface area contributed by atoms with Crippen LogP contribution in [0.3, 0.4) is 0 Å². The van der Waals surface area contributed by atoms with E-state index in [4.69, 9.17) is 4.74 Å². The van der Waals surface area contributed by atoms with Crippen molar-refractivity contribution in [3.05, 3.63) is 29.6 Å². The van der Waals surface area contributed by atoms with Crippen molar-refractivity contribution in [1.29, 1.82) is 0 Å². The molecule has 0 aliphatic carbocycles. The molecule has 1 aromatic rings. The molecule has 0 unspecified atom stereocenters. The number of ether oxygens (including phenoxy) is 1. The second kappa shape index (κ2) is 8.97. The first-order chi connectivity index (χ1) is 12.2. The highest BCUT2D eigenvalue weighted by Crippen LogP contribution is 2.24. The molecule has 2 aliphatic heterocycles. The average Bonchev–Trinajstić information content (AvgIpc) is 2.64. The molecule has 0 N–H and O–H groups in total. The Morgan fingerprint density at radius 3 is 2.64 bits per heavy atom. The van der Waals surface area contributed by atoms with Gasteiger partial charge >= 0.3 is 0 Å². The number of piperidine rings is 1. The maximum absolute atomic E-state index is 14.3. The van der Waals surface area contributed by atoms with E-state index < -0.39 is 0 Å². The lowest BCUT2D eigenvalue weighted by atomic mass is 9.98. The third-order valence-electron chi connectivity index (χ3n) is 5.76. The van der Waals surface area contributed by atoms with E-state index >= 15 is 0 Å². The summed E-state index contributed by atoms with van der Waals surface area (Å²) in [6.45, 7) is 7.66. The van der Waals surface area contributed by atoms with Crippen molar-refractivity contribution in [2.45, 2.75) is 38.3 Å². The maximum atomic E-state index is 14.3. The van der Waals surface area contributed by atoms with Crippen molar-refractivity contribution in [2.24, 2.45) is 0 Å². The van der Waals surface area contributed by atoms with Crippen molar-refractivity contribution < 1.29 is 9.13 Å². The van der Waals surface area contributed by atoms with Crippen molar-refractivity contribution >= 4 is 0 Å². The van der Waals surface area contributed by atoms with Gasteiger partial charge in [0.2, 0.25) is 0 Å². The second-order valence-electron chi connectivity index (χ2n) is 7.51. The molecule has 0 saturated carbocycles. The van der Waals surface area contributed by atoms with Gasteiger partial charge in [-0.3, -0.25) is 4.90 Å². The molecular weight excluding hydrogens is 317 g/mol. The van der Waals surface area contributed by atoms with Gasteiger partial charge in [0.15, 0.2) is 0 Å². The van der Waals surface area contributed by atoms with Gasteiger partial charge in [0.25, 0.3) is 0 Å². The lowest BCUT2D eigenvalue weighted by Gasteiger charge is -2.38. The van der Waals surface area contributed by atoms with Crippen LogP contribution in [-0.4, -0.2) is 74.2 Å². The third kappa shape index (κ3) is 5.16. The zero-order chi connectivity index (χ0) is 17.6. The molecule has 2 aliphatic rings. The molecule has 25 heavy (non-hydrogen) atoms. The standard InChI is InChI=1S/C20H32FN3O/c1-22-11-13-23(14-12-22)10-8-18-5-3-4-9-24(18)16-17-6-7-19(25-2)15-20(17)21/h6-7,15,18H,3-5,8-14,16H2,1-2H3/t18-/m1/s1. The molecule has 5 heteroatoms. The number of hydrogen-bond acceptors (Lipinski definition) is 4. The van der Waals surface area contributed by atoms with Crippen LogP contribution >= 0.6 is 0 Å². The Hall–Kier alpha value is -1.17. The topological polar surface area (TPSA) is 19.0 Å². The number of hydrogen-bond donors (Lipinski definition) is 0. The van der Waals surface area contributed by atoms with Crippen LogP contribution in [0.1, 0.15) is 31.2 Å². The molecule has 1 atom stereocenters. The van der Waals surface area contributed by atoms with Gasteiger partial charge in [0, 0.05) is 50.4 Å². The summed E-state index contributed by atoms with van der Waals surface area (Å²) in [6.07, 6.45) is 4.96. The van der Waals surface area contributed by atoms with E-state index in [9.17, 15) is 4.39 Å². The fourth-order valence-electron chi connectivity index (χ4n) is 4.00. The molecule has 2 heterocycles. The number of piperazine rings is 1. The highest BCUT2D eigenvalue weighted by Gasteiger charge is 2.24. The maximum Gasteiger partial charge on any atom is 0.131 e. The largest absolute Gasteiger partial charge is 0.497 e. The minimum absolute atomic E-state index is 0.150. The number of likely N-dealkylation sites (tertiary alicyclic amines) is 1. The number of rotatable bonds is 6. The van der Waals surface area contributed by atoms with Crippen molar-refractivity contribution in [3.63, 3.8) is 0 Å². The summed E-state index contributed by atoms with van der Waals surface area (Å²) >= 11 is 0. The van der Waals surface area contributed by atoms with Crippen molar-refractivity contribution in [2.75, 3.05) is 53.4 Å². The van der Waals surface area contributed by atoms with Gasteiger partial charge < -0.3 is 14.5 Å². The summed E-state index contributed by atoms with van der Waals surface area (Å²) in [6, 6.07) is 5.82. The van der Waals surface area contributed by atoms with Gasteiger partial charge in [-0.2, -0.15) is 0 Å². The van der Waals surface area contributed by atoms with Crippen molar-refractivity contribution in [1.82, 2.24) is 14.7 Å². The summed E-state index contributed by atoms with van der Waals surface area (Å²) in [7, 11) is 3.77. The molecule has 4 nitrogen and oxygen atoms in total. The van der Waals surface area contributed by atoms with Crippen LogP contribution in [0.4, 0.5) is 4.39 Å². The Bertz CT molecular complexity index is 546. The van der Waals surface area contributed by atoms with E-state index in [1.165, 1.54) is 64.5 Å². The smallest absolute Gasteiger partial charge is 0.131 e. The van der Waals surface area contributed by atoms with E-state index in [1.54, 1.807) is 7.11 Å². The van der Waals surface area contributed by atoms with E-state index in [0.29, 0.717) is 18.3 Å². The van der Waals surface area contributed by atoms with Gasteiger partial charge in [-0.1, -0.05) is 12.5 Å². The third-order valence-corrected chi connectivity index (χ3v) is 5.76. The summed E-state index contributed by atoms with van der Waals surface area (Å²) in [5.41, 5.74) is 0.785. The minimum atomic E-state index is -0.150. The molecule has 0 radical (unpaired) electrons. The number of likely N-dealkylation sites (N-methyl/N-ethyl adjacent to an activating group) is 1. The summed E-state index contributed by atoms with van der Waals surface area (Å²) in [5, 5.41) is 0. The molecule has 2 saturated heterocycles.